The van der Waals surface area contributed by atoms with E-state index in [9.17, 15) is 9.59 Å². The molecule has 7 nitrogen and oxygen atoms in total. The van der Waals surface area contributed by atoms with E-state index in [1.807, 2.05) is 47.4 Å². The van der Waals surface area contributed by atoms with Crippen LogP contribution in [0.4, 0.5) is 0 Å². The molecule has 2 aliphatic heterocycles. The molecule has 2 amide bonds. The molecular weight excluding hydrogens is 462 g/mol. The van der Waals surface area contributed by atoms with Crippen molar-refractivity contribution in [3.63, 3.8) is 0 Å². The lowest BCUT2D eigenvalue weighted by Crippen LogP contribution is -2.48. The number of piperazine rings is 1. The predicted octanol–water partition coefficient (Wildman–Crippen LogP) is 3.66. The molecule has 2 aliphatic rings. The van der Waals surface area contributed by atoms with Crippen molar-refractivity contribution in [1.82, 2.24) is 24.5 Å². The van der Waals surface area contributed by atoms with Crippen LogP contribution >= 0.6 is 11.6 Å². The molecule has 1 saturated heterocycles. The van der Waals surface area contributed by atoms with Gasteiger partial charge in [0.25, 0.3) is 11.8 Å². The highest BCUT2D eigenvalue weighted by Crippen LogP contribution is 2.19. The second-order valence-electron chi connectivity index (χ2n) is 8.90. The van der Waals surface area contributed by atoms with Gasteiger partial charge in [-0.15, -0.1) is 0 Å². The summed E-state index contributed by atoms with van der Waals surface area (Å²) in [7, 11) is 0. The first kappa shape index (κ1) is 23.3. The molecule has 0 aliphatic carbocycles. The monoisotopic (exact) mass is 489 g/mol. The number of rotatable bonds is 6. The maximum Gasteiger partial charge on any atom is 0.274 e. The first-order valence-electron chi connectivity index (χ1n) is 11.9. The van der Waals surface area contributed by atoms with Crippen molar-refractivity contribution in [1.29, 1.82) is 0 Å². The topological polar surface area (TPSA) is 61.7 Å². The van der Waals surface area contributed by atoms with Crippen molar-refractivity contribution in [2.24, 2.45) is 0 Å². The fraction of sp³-hybridized carbons (Fsp3) is 0.296. The van der Waals surface area contributed by atoms with Gasteiger partial charge in [0.15, 0.2) is 5.69 Å². The van der Waals surface area contributed by atoms with E-state index in [0.29, 0.717) is 49.1 Å². The molecule has 1 fully saturated rings. The number of carbonyl (C=O) groups excluding carboxylic acids is 2. The van der Waals surface area contributed by atoms with Gasteiger partial charge in [-0.05, 0) is 23.3 Å². The van der Waals surface area contributed by atoms with Gasteiger partial charge in [0, 0.05) is 56.9 Å². The van der Waals surface area contributed by atoms with Crippen LogP contribution in [0.5, 0.6) is 0 Å². The molecule has 0 unspecified atom stereocenters. The van der Waals surface area contributed by atoms with Gasteiger partial charge in [-0.25, -0.2) is 0 Å². The maximum atomic E-state index is 13.1. The molecule has 35 heavy (non-hydrogen) atoms. The van der Waals surface area contributed by atoms with Gasteiger partial charge in [0.1, 0.15) is 5.69 Å². The fourth-order valence-electron chi connectivity index (χ4n) is 4.50. The van der Waals surface area contributed by atoms with Crippen LogP contribution in [0.3, 0.4) is 0 Å². The Hall–Kier alpha value is -3.42. The molecule has 3 aromatic rings. The van der Waals surface area contributed by atoms with Gasteiger partial charge in [0.2, 0.25) is 0 Å². The Labute approximate surface area is 210 Å². The summed E-state index contributed by atoms with van der Waals surface area (Å²) in [4.78, 5) is 32.1. The lowest BCUT2D eigenvalue weighted by atomic mass is 10.2. The Morgan fingerprint density at radius 1 is 0.943 bits per heavy atom. The highest BCUT2D eigenvalue weighted by molar-refractivity contribution is 6.30. The summed E-state index contributed by atoms with van der Waals surface area (Å²) >= 11 is 5.97. The number of carbonyl (C=O) groups is 2. The summed E-state index contributed by atoms with van der Waals surface area (Å²) in [5, 5.41) is 5.14. The zero-order chi connectivity index (χ0) is 24.2. The third-order valence-electron chi connectivity index (χ3n) is 6.51. The van der Waals surface area contributed by atoms with Gasteiger partial charge in [-0.1, -0.05) is 66.2 Å². The van der Waals surface area contributed by atoms with E-state index in [1.165, 1.54) is 5.56 Å². The van der Waals surface area contributed by atoms with E-state index in [-0.39, 0.29) is 11.8 Å². The summed E-state index contributed by atoms with van der Waals surface area (Å²) in [6.07, 6.45) is 4.29. The zero-order valence-electron chi connectivity index (χ0n) is 19.5. The molecule has 0 radical (unpaired) electrons. The van der Waals surface area contributed by atoms with Crippen molar-refractivity contribution >= 4 is 29.5 Å². The molecule has 0 saturated carbocycles. The van der Waals surface area contributed by atoms with Crippen LogP contribution in [0, 0.1) is 0 Å². The molecule has 8 heteroatoms. The number of halogens is 1. The predicted molar refractivity (Wildman–Crippen MR) is 136 cm³/mol. The molecule has 0 spiro atoms. The molecule has 5 rings (SSSR count). The molecule has 1 aromatic heterocycles. The van der Waals surface area contributed by atoms with Gasteiger partial charge in [-0.3, -0.25) is 19.2 Å². The van der Waals surface area contributed by atoms with Gasteiger partial charge in [-0.2, -0.15) is 5.10 Å². The minimum absolute atomic E-state index is 0.104. The summed E-state index contributed by atoms with van der Waals surface area (Å²) in [5.41, 5.74) is 3.02. The van der Waals surface area contributed by atoms with E-state index in [0.717, 1.165) is 25.2 Å². The third-order valence-corrected chi connectivity index (χ3v) is 6.76. The molecule has 0 atom stereocenters. The molecule has 2 aromatic carbocycles. The minimum atomic E-state index is -0.108. The van der Waals surface area contributed by atoms with E-state index in [2.05, 4.69) is 34.3 Å². The number of aromatic nitrogens is 2. The van der Waals surface area contributed by atoms with Gasteiger partial charge >= 0.3 is 0 Å². The standard InChI is InChI=1S/C27H28ClN5O2/c28-23-10-8-22(9-11-23)20-32-17-18-33-25(27(32)35)19-24(29-33)26(34)31-15-13-30(14-16-31)12-4-7-21-5-2-1-3-6-21/h1-11,19H,12-18,20H2. The second kappa shape index (κ2) is 10.5. The highest BCUT2D eigenvalue weighted by atomic mass is 35.5. The largest absolute Gasteiger partial charge is 0.335 e. The number of benzene rings is 2. The lowest BCUT2D eigenvalue weighted by molar-refractivity contribution is 0.0639. The summed E-state index contributed by atoms with van der Waals surface area (Å²) < 4.78 is 1.67. The Morgan fingerprint density at radius 3 is 2.43 bits per heavy atom. The van der Waals surface area contributed by atoms with Crippen LogP contribution in [0.2, 0.25) is 5.02 Å². The van der Waals surface area contributed by atoms with Crippen molar-refractivity contribution in [2.75, 3.05) is 39.3 Å². The van der Waals surface area contributed by atoms with Crippen LogP contribution in [-0.2, 0) is 13.1 Å². The molecule has 3 heterocycles. The highest BCUT2D eigenvalue weighted by Gasteiger charge is 2.30. The smallest absolute Gasteiger partial charge is 0.274 e. The number of hydrogen-bond acceptors (Lipinski definition) is 4. The van der Waals surface area contributed by atoms with E-state index < -0.39 is 0 Å². The minimum Gasteiger partial charge on any atom is -0.335 e. The van der Waals surface area contributed by atoms with Crippen LogP contribution in [0.15, 0.2) is 66.7 Å². The maximum absolute atomic E-state index is 13.1. The Morgan fingerprint density at radius 2 is 1.69 bits per heavy atom. The van der Waals surface area contributed by atoms with E-state index in [1.54, 1.807) is 15.6 Å². The lowest BCUT2D eigenvalue weighted by Gasteiger charge is -2.33. The van der Waals surface area contributed by atoms with Crippen molar-refractivity contribution < 1.29 is 9.59 Å². The number of nitrogens with zero attached hydrogens (tertiary/aromatic N) is 5. The average molecular weight is 490 g/mol. The van der Waals surface area contributed by atoms with Crippen molar-refractivity contribution in [3.8, 4) is 0 Å². The van der Waals surface area contributed by atoms with Crippen molar-refractivity contribution in [2.45, 2.75) is 13.1 Å². The summed E-state index contributed by atoms with van der Waals surface area (Å²) in [6, 6.07) is 19.4. The summed E-state index contributed by atoms with van der Waals surface area (Å²) in [5.74, 6) is -0.212. The number of amides is 2. The second-order valence-corrected chi connectivity index (χ2v) is 9.33. The van der Waals surface area contributed by atoms with Gasteiger partial charge < -0.3 is 9.80 Å². The normalized spacial score (nSPS) is 16.7. The summed E-state index contributed by atoms with van der Waals surface area (Å²) in [6.45, 7) is 5.41. The Balaban J connectivity index is 1.16. The molecule has 0 bridgehead atoms. The Kier molecular flexibility index (Phi) is 6.97. The molecule has 0 N–H and O–H groups in total. The third kappa shape index (κ3) is 5.47. The fourth-order valence-corrected chi connectivity index (χ4v) is 4.63. The first-order chi connectivity index (χ1) is 17.1. The van der Waals surface area contributed by atoms with Crippen molar-refractivity contribution in [3.05, 3.63) is 94.3 Å². The van der Waals surface area contributed by atoms with E-state index >= 15 is 0 Å². The SMILES string of the molecule is O=C(c1cc2n(n1)CCN(Cc1ccc(Cl)cc1)C2=O)N1CCN(CC=Cc2ccccc2)CC1. The van der Waals surface area contributed by atoms with Crippen LogP contribution in [0.1, 0.15) is 32.1 Å². The first-order valence-corrected chi connectivity index (χ1v) is 12.3. The number of hydrogen-bond donors (Lipinski definition) is 0. The Bertz CT molecular complexity index is 1210. The molecular formula is C27H28ClN5O2. The van der Waals surface area contributed by atoms with Crippen LogP contribution in [-0.4, -0.2) is 75.6 Å². The van der Waals surface area contributed by atoms with Gasteiger partial charge in [0.05, 0.1) is 6.54 Å². The average Bonchev–Trinajstić information content (AvgIpc) is 3.33. The number of fused-ring (bicyclic) bond motifs is 1. The zero-order valence-corrected chi connectivity index (χ0v) is 20.3. The quantitative estimate of drug-likeness (QED) is 0.530. The van der Waals surface area contributed by atoms with E-state index in [4.69, 9.17) is 11.6 Å². The van der Waals surface area contributed by atoms with Crippen LogP contribution < -0.4 is 0 Å². The molecule has 180 valence electrons. The van der Waals surface area contributed by atoms with Crippen LogP contribution in [0.25, 0.3) is 6.08 Å².